The highest BCUT2D eigenvalue weighted by Crippen LogP contribution is 2.26. The van der Waals surface area contributed by atoms with Crippen LogP contribution in [0.5, 0.6) is 0 Å². The first-order chi connectivity index (χ1) is 9.85. The molecule has 0 radical (unpaired) electrons. The molecule has 0 aromatic heterocycles. The minimum atomic E-state index is -3.74. The van der Waals surface area contributed by atoms with E-state index in [1.807, 2.05) is 13.8 Å². The number of hydrogen-bond acceptors (Lipinski definition) is 6. The number of nitrogens with one attached hydrogen (secondary N) is 2. The van der Waals surface area contributed by atoms with E-state index in [-0.39, 0.29) is 22.3 Å². The molecule has 8 nitrogen and oxygen atoms in total. The maximum Gasteiger partial charge on any atom is 0.293 e. The molecule has 0 heterocycles. The highest BCUT2D eigenvalue weighted by atomic mass is 32.2. The van der Waals surface area contributed by atoms with Crippen molar-refractivity contribution >= 4 is 21.4 Å². The molecule has 0 amide bonds. The first-order valence-electron chi connectivity index (χ1n) is 6.63. The summed E-state index contributed by atoms with van der Waals surface area (Å²) < 4.78 is 27.1. The molecule has 0 bridgehead atoms. The molecule has 4 N–H and O–H groups in total. The van der Waals surface area contributed by atoms with E-state index < -0.39 is 14.9 Å². The predicted molar refractivity (Wildman–Crippen MR) is 80.2 cm³/mol. The zero-order valence-corrected chi connectivity index (χ0v) is 12.8. The van der Waals surface area contributed by atoms with Crippen LogP contribution in [0.2, 0.25) is 0 Å². The lowest BCUT2D eigenvalue weighted by Crippen LogP contribution is -2.34. The van der Waals surface area contributed by atoms with Gasteiger partial charge in [0.25, 0.3) is 5.69 Å². The highest BCUT2D eigenvalue weighted by molar-refractivity contribution is 7.89. The Kier molecular flexibility index (Phi) is 6.06. The summed E-state index contributed by atoms with van der Waals surface area (Å²) in [7, 11) is -3.74. The molecule has 0 aliphatic carbocycles. The molecule has 9 heteroatoms. The van der Waals surface area contributed by atoms with Crippen molar-refractivity contribution in [2.24, 2.45) is 5.84 Å². The molecule has 1 aromatic rings. The van der Waals surface area contributed by atoms with Crippen LogP contribution in [0.1, 0.15) is 33.1 Å². The third kappa shape index (κ3) is 4.38. The summed E-state index contributed by atoms with van der Waals surface area (Å²) in [4.78, 5) is 10.1. The van der Waals surface area contributed by atoms with Gasteiger partial charge in [0.05, 0.1) is 9.82 Å². The summed E-state index contributed by atoms with van der Waals surface area (Å²) in [5.74, 6) is 5.21. The van der Waals surface area contributed by atoms with E-state index in [4.69, 9.17) is 5.84 Å². The fourth-order valence-corrected chi connectivity index (χ4v) is 3.32. The number of nitrogens with two attached hydrogens (primary N) is 1. The fourth-order valence-electron chi connectivity index (χ4n) is 1.94. The van der Waals surface area contributed by atoms with E-state index in [2.05, 4.69) is 10.1 Å². The van der Waals surface area contributed by atoms with Gasteiger partial charge in [0, 0.05) is 12.1 Å². The van der Waals surface area contributed by atoms with Crippen LogP contribution in [0.4, 0.5) is 11.4 Å². The molecular weight excluding hydrogens is 296 g/mol. The normalized spacial score (nSPS) is 12.9. The van der Waals surface area contributed by atoms with Gasteiger partial charge in [-0.1, -0.05) is 20.3 Å². The molecule has 1 rings (SSSR count). The molecule has 0 fully saturated rings. The first kappa shape index (κ1) is 17.3. The van der Waals surface area contributed by atoms with Crippen LogP contribution < -0.4 is 16.0 Å². The molecule has 1 unspecified atom stereocenters. The Morgan fingerprint density at radius 2 is 2.05 bits per heavy atom. The van der Waals surface area contributed by atoms with Crippen LogP contribution in [0, 0.1) is 10.1 Å². The Hall–Kier alpha value is -1.71. The molecule has 21 heavy (non-hydrogen) atoms. The summed E-state index contributed by atoms with van der Waals surface area (Å²) >= 11 is 0. The number of nitrogen functional groups attached to an aromatic ring is 1. The molecule has 0 aliphatic rings. The molecule has 0 saturated carbocycles. The largest absolute Gasteiger partial charge is 0.318 e. The number of hydrogen-bond donors (Lipinski definition) is 3. The van der Waals surface area contributed by atoms with Gasteiger partial charge in [-0.3, -0.25) is 16.0 Å². The summed E-state index contributed by atoms with van der Waals surface area (Å²) in [5, 5.41) is 10.8. The van der Waals surface area contributed by atoms with Crippen molar-refractivity contribution in [1.29, 1.82) is 0 Å². The Morgan fingerprint density at radius 3 is 2.52 bits per heavy atom. The van der Waals surface area contributed by atoms with Crippen LogP contribution in [0.25, 0.3) is 0 Å². The number of anilines is 1. The second-order valence-electron chi connectivity index (χ2n) is 4.60. The second kappa shape index (κ2) is 7.34. The van der Waals surface area contributed by atoms with Crippen molar-refractivity contribution in [3.63, 3.8) is 0 Å². The van der Waals surface area contributed by atoms with Gasteiger partial charge in [-0.15, -0.1) is 0 Å². The van der Waals surface area contributed by atoms with Gasteiger partial charge in [-0.25, -0.2) is 13.1 Å². The van der Waals surface area contributed by atoms with E-state index in [0.717, 1.165) is 25.0 Å². The van der Waals surface area contributed by atoms with Crippen molar-refractivity contribution in [2.45, 2.75) is 44.0 Å². The average molecular weight is 316 g/mol. The Morgan fingerprint density at radius 1 is 1.38 bits per heavy atom. The molecule has 0 aliphatic heterocycles. The molecular formula is C12H20N4O4S. The number of benzene rings is 1. The minimum Gasteiger partial charge on any atom is -0.318 e. The van der Waals surface area contributed by atoms with E-state index in [1.165, 1.54) is 6.07 Å². The average Bonchev–Trinajstić information content (AvgIpc) is 2.45. The van der Waals surface area contributed by atoms with E-state index >= 15 is 0 Å². The lowest BCUT2D eigenvalue weighted by atomic mass is 10.1. The molecule has 118 valence electrons. The minimum absolute atomic E-state index is 0.0496. The Labute approximate surface area is 123 Å². The van der Waals surface area contributed by atoms with E-state index in [1.54, 1.807) is 0 Å². The van der Waals surface area contributed by atoms with Gasteiger partial charge < -0.3 is 5.43 Å². The Balaban J connectivity index is 3.11. The molecule has 1 atom stereocenters. The van der Waals surface area contributed by atoms with Gasteiger partial charge in [0.15, 0.2) is 0 Å². The summed E-state index contributed by atoms with van der Waals surface area (Å²) in [5.41, 5.74) is 1.82. The smallest absolute Gasteiger partial charge is 0.293 e. The molecule has 0 saturated heterocycles. The van der Waals surface area contributed by atoms with Crippen molar-refractivity contribution in [2.75, 3.05) is 5.43 Å². The third-order valence-electron chi connectivity index (χ3n) is 3.08. The first-order valence-corrected chi connectivity index (χ1v) is 8.11. The summed E-state index contributed by atoms with van der Waals surface area (Å²) in [6.45, 7) is 3.87. The van der Waals surface area contributed by atoms with E-state index in [0.29, 0.717) is 6.42 Å². The topological polar surface area (TPSA) is 127 Å². The summed E-state index contributed by atoms with van der Waals surface area (Å²) in [6, 6.07) is 3.30. The van der Waals surface area contributed by atoms with Gasteiger partial charge in [0.1, 0.15) is 5.69 Å². The van der Waals surface area contributed by atoms with Crippen molar-refractivity contribution < 1.29 is 13.3 Å². The number of sulfonamides is 1. The van der Waals surface area contributed by atoms with Gasteiger partial charge in [0.2, 0.25) is 10.0 Å². The van der Waals surface area contributed by atoms with Crippen LogP contribution in [0.15, 0.2) is 23.1 Å². The SMILES string of the molecule is CCCC(CC)NS(=O)(=O)c1ccc([N+](=O)[O-])c(NN)c1. The van der Waals surface area contributed by atoms with Gasteiger partial charge in [-0.05, 0) is 25.0 Å². The third-order valence-corrected chi connectivity index (χ3v) is 4.60. The summed E-state index contributed by atoms with van der Waals surface area (Å²) in [6.07, 6.45) is 2.25. The highest BCUT2D eigenvalue weighted by Gasteiger charge is 2.22. The van der Waals surface area contributed by atoms with Crippen LogP contribution in [-0.4, -0.2) is 19.4 Å². The predicted octanol–water partition coefficient (Wildman–Crippen LogP) is 1.74. The van der Waals surface area contributed by atoms with Crippen molar-refractivity contribution in [3.05, 3.63) is 28.3 Å². The second-order valence-corrected chi connectivity index (χ2v) is 6.31. The lowest BCUT2D eigenvalue weighted by Gasteiger charge is -2.16. The lowest BCUT2D eigenvalue weighted by molar-refractivity contribution is -0.384. The number of rotatable bonds is 8. The number of nitrogens with zero attached hydrogens (tertiary/aromatic N) is 1. The van der Waals surface area contributed by atoms with Crippen LogP contribution >= 0.6 is 0 Å². The zero-order chi connectivity index (χ0) is 16.0. The maximum absolute atomic E-state index is 12.3. The molecule has 0 spiro atoms. The van der Waals surface area contributed by atoms with Gasteiger partial charge in [-0.2, -0.15) is 0 Å². The monoisotopic (exact) mass is 316 g/mol. The standard InChI is InChI=1S/C12H20N4O4S/c1-3-5-9(4-2)15-21(19,20)10-6-7-12(16(17)18)11(8-10)14-13/h6-9,14-15H,3-5,13H2,1-2H3. The fraction of sp³-hybridized carbons (Fsp3) is 0.500. The Bertz CT molecular complexity index is 603. The van der Waals surface area contributed by atoms with E-state index in [9.17, 15) is 18.5 Å². The van der Waals surface area contributed by atoms with Crippen molar-refractivity contribution in [1.82, 2.24) is 4.72 Å². The zero-order valence-electron chi connectivity index (χ0n) is 12.0. The van der Waals surface area contributed by atoms with Crippen LogP contribution in [0.3, 0.4) is 0 Å². The molecule has 1 aromatic carbocycles. The number of hydrazine groups is 1. The maximum atomic E-state index is 12.3. The van der Waals surface area contributed by atoms with Gasteiger partial charge >= 0.3 is 0 Å². The van der Waals surface area contributed by atoms with Crippen molar-refractivity contribution in [3.8, 4) is 0 Å². The number of nitro benzene ring substituents is 1. The quantitative estimate of drug-likeness (QED) is 0.381. The van der Waals surface area contributed by atoms with Crippen LogP contribution in [-0.2, 0) is 10.0 Å². The number of nitro groups is 1.